The Kier molecular flexibility index (Phi) is 2.57. The van der Waals surface area contributed by atoms with Crippen molar-refractivity contribution >= 4 is 11.4 Å². The number of nitrogens with two attached hydrogens (primary N) is 2. The molecule has 0 aliphatic rings. The molecule has 0 fully saturated rings. The average Bonchev–Trinajstić information content (AvgIpc) is 2.20. The summed E-state index contributed by atoms with van der Waals surface area (Å²) in [6.07, 6.45) is 0. The summed E-state index contributed by atoms with van der Waals surface area (Å²) in [6.45, 7) is 4.16. The molecule has 2 rings (SSSR count). The van der Waals surface area contributed by atoms with Crippen LogP contribution in [0.3, 0.4) is 0 Å². The Bertz CT molecular complexity index is 510. The highest BCUT2D eigenvalue weighted by atomic mass is 14.6. The monoisotopic (exact) mass is 212 g/mol. The molecule has 0 aliphatic heterocycles. The van der Waals surface area contributed by atoms with Crippen LogP contribution < -0.4 is 11.5 Å². The average molecular weight is 212 g/mol. The van der Waals surface area contributed by atoms with Gasteiger partial charge in [0.2, 0.25) is 0 Å². The second-order valence-electron chi connectivity index (χ2n) is 4.22. The first-order valence-electron chi connectivity index (χ1n) is 5.30. The van der Waals surface area contributed by atoms with Gasteiger partial charge in [0.25, 0.3) is 0 Å². The summed E-state index contributed by atoms with van der Waals surface area (Å²) in [7, 11) is 0. The van der Waals surface area contributed by atoms with E-state index in [0.717, 1.165) is 22.5 Å². The summed E-state index contributed by atoms with van der Waals surface area (Å²) in [5.41, 5.74) is 17.9. The van der Waals surface area contributed by atoms with Gasteiger partial charge < -0.3 is 11.5 Å². The molecule has 0 bridgehead atoms. The second kappa shape index (κ2) is 3.89. The van der Waals surface area contributed by atoms with Gasteiger partial charge in [0.1, 0.15) is 0 Å². The number of benzene rings is 2. The van der Waals surface area contributed by atoms with Crippen molar-refractivity contribution in [1.29, 1.82) is 0 Å². The van der Waals surface area contributed by atoms with E-state index in [1.54, 1.807) is 0 Å². The fraction of sp³-hybridized carbons (Fsp3) is 0.143. The molecular formula is C14H16N2. The Balaban J connectivity index is 2.62. The Morgan fingerprint density at radius 2 is 1.44 bits per heavy atom. The summed E-state index contributed by atoms with van der Waals surface area (Å²) < 4.78 is 0. The van der Waals surface area contributed by atoms with Gasteiger partial charge in [0.15, 0.2) is 0 Å². The molecule has 0 unspecified atom stereocenters. The molecule has 16 heavy (non-hydrogen) atoms. The standard InChI is InChI=1S/C14H16N2/c1-9-5-10(2)7-11(6-9)13-8-12(15)3-4-14(13)16/h3-8H,15-16H2,1-2H3. The van der Waals surface area contributed by atoms with Gasteiger partial charge in [-0.05, 0) is 37.6 Å². The lowest BCUT2D eigenvalue weighted by atomic mass is 9.99. The third kappa shape index (κ3) is 2.01. The molecular weight excluding hydrogens is 196 g/mol. The highest BCUT2D eigenvalue weighted by Gasteiger charge is 2.04. The topological polar surface area (TPSA) is 52.0 Å². The third-order valence-electron chi connectivity index (χ3n) is 2.61. The number of rotatable bonds is 1. The van der Waals surface area contributed by atoms with Gasteiger partial charge in [0, 0.05) is 16.9 Å². The van der Waals surface area contributed by atoms with Crippen LogP contribution in [0.5, 0.6) is 0 Å². The maximum atomic E-state index is 5.97. The van der Waals surface area contributed by atoms with Crippen LogP contribution in [-0.2, 0) is 0 Å². The number of nitrogen functional groups attached to an aromatic ring is 2. The van der Waals surface area contributed by atoms with E-state index >= 15 is 0 Å². The third-order valence-corrected chi connectivity index (χ3v) is 2.61. The quantitative estimate of drug-likeness (QED) is 0.713. The van der Waals surface area contributed by atoms with Gasteiger partial charge in [-0.15, -0.1) is 0 Å². The molecule has 2 aromatic carbocycles. The van der Waals surface area contributed by atoms with Gasteiger partial charge in [-0.3, -0.25) is 0 Å². The van der Waals surface area contributed by atoms with Gasteiger partial charge in [-0.2, -0.15) is 0 Å². The predicted molar refractivity (Wildman–Crippen MR) is 70.2 cm³/mol. The molecule has 0 saturated heterocycles. The Labute approximate surface area is 95.9 Å². The minimum atomic E-state index is 0.739. The minimum absolute atomic E-state index is 0.739. The molecule has 0 spiro atoms. The van der Waals surface area contributed by atoms with E-state index < -0.39 is 0 Å². The van der Waals surface area contributed by atoms with E-state index in [2.05, 4.69) is 32.0 Å². The van der Waals surface area contributed by atoms with Gasteiger partial charge in [-0.1, -0.05) is 29.3 Å². The van der Waals surface area contributed by atoms with Crippen molar-refractivity contribution in [2.45, 2.75) is 13.8 Å². The first kappa shape index (κ1) is 10.6. The lowest BCUT2D eigenvalue weighted by Crippen LogP contribution is -1.93. The zero-order valence-electron chi connectivity index (χ0n) is 9.62. The number of hydrogen-bond donors (Lipinski definition) is 2. The Morgan fingerprint density at radius 3 is 2.06 bits per heavy atom. The fourth-order valence-electron chi connectivity index (χ4n) is 1.95. The van der Waals surface area contributed by atoms with Crippen molar-refractivity contribution in [3.63, 3.8) is 0 Å². The normalized spacial score (nSPS) is 10.4. The lowest BCUT2D eigenvalue weighted by Gasteiger charge is -2.09. The molecule has 0 aromatic heterocycles. The molecule has 82 valence electrons. The van der Waals surface area contributed by atoms with Crippen LogP contribution >= 0.6 is 0 Å². The summed E-state index contributed by atoms with van der Waals surface area (Å²) in [6, 6.07) is 12.0. The van der Waals surface area contributed by atoms with E-state index in [4.69, 9.17) is 11.5 Å². The summed E-state index contributed by atoms with van der Waals surface area (Å²) in [4.78, 5) is 0. The molecule has 2 heteroatoms. The number of anilines is 2. The van der Waals surface area contributed by atoms with E-state index in [1.807, 2.05) is 18.2 Å². The number of aryl methyl sites for hydroxylation is 2. The van der Waals surface area contributed by atoms with Crippen LogP contribution in [0.25, 0.3) is 11.1 Å². The first-order chi connectivity index (χ1) is 7.56. The van der Waals surface area contributed by atoms with Crippen LogP contribution in [-0.4, -0.2) is 0 Å². The van der Waals surface area contributed by atoms with Crippen molar-refractivity contribution in [2.24, 2.45) is 0 Å². The van der Waals surface area contributed by atoms with Gasteiger partial charge in [-0.25, -0.2) is 0 Å². The van der Waals surface area contributed by atoms with E-state index in [0.29, 0.717) is 0 Å². The molecule has 4 N–H and O–H groups in total. The highest BCUT2D eigenvalue weighted by molar-refractivity contribution is 5.79. The van der Waals surface area contributed by atoms with Crippen molar-refractivity contribution < 1.29 is 0 Å². The SMILES string of the molecule is Cc1cc(C)cc(-c2cc(N)ccc2N)c1. The first-order valence-corrected chi connectivity index (χ1v) is 5.30. The van der Waals surface area contributed by atoms with Crippen LogP contribution in [0.2, 0.25) is 0 Å². The maximum absolute atomic E-state index is 5.97. The molecule has 0 amide bonds. The largest absolute Gasteiger partial charge is 0.399 e. The highest BCUT2D eigenvalue weighted by Crippen LogP contribution is 2.29. The molecule has 0 radical (unpaired) electrons. The number of hydrogen-bond acceptors (Lipinski definition) is 2. The van der Waals surface area contributed by atoms with Crippen molar-refractivity contribution in [3.05, 3.63) is 47.5 Å². The fourth-order valence-corrected chi connectivity index (χ4v) is 1.95. The maximum Gasteiger partial charge on any atom is 0.0395 e. The van der Waals surface area contributed by atoms with Crippen molar-refractivity contribution in [2.75, 3.05) is 11.5 Å². The van der Waals surface area contributed by atoms with Gasteiger partial charge >= 0.3 is 0 Å². The summed E-state index contributed by atoms with van der Waals surface area (Å²) in [5.74, 6) is 0. The Hall–Kier alpha value is -1.96. The molecule has 0 saturated carbocycles. The van der Waals surface area contributed by atoms with Crippen LogP contribution in [0, 0.1) is 13.8 Å². The minimum Gasteiger partial charge on any atom is -0.399 e. The van der Waals surface area contributed by atoms with E-state index in [9.17, 15) is 0 Å². The zero-order chi connectivity index (χ0) is 11.7. The molecule has 2 aromatic rings. The van der Waals surface area contributed by atoms with Crippen LogP contribution in [0.1, 0.15) is 11.1 Å². The van der Waals surface area contributed by atoms with Crippen LogP contribution in [0.4, 0.5) is 11.4 Å². The van der Waals surface area contributed by atoms with Crippen LogP contribution in [0.15, 0.2) is 36.4 Å². The lowest BCUT2D eigenvalue weighted by molar-refractivity contribution is 1.38. The van der Waals surface area contributed by atoms with Gasteiger partial charge in [0.05, 0.1) is 0 Å². The summed E-state index contributed by atoms with van der Waals surface area (Å²) >= 11 is 0. The predicted octanol–water partition coefficient (Wildman–Crippen LogP) is 3.13. The molecule has 0 aliphatic carbocycles. The van der Waals surface area contributed by atoms with E-state index in [1.165, 1.54) is 11.1 Å². The Morgan fingerprint density at radius 1 is 0.812 bits per heavy atom. The second-order valence-corrected chi connectivity index (χ2v) is 4.22. The summed E-state index contributed by atoms with van der Waals surface area (Å²) in [5, 5.41) is 0. The van der Waals surface area contributed by atoms with E-state index in [-0.39, 0.29) is 0 Å². The molecule has 0 heterocycles. The molecule has 0 atom stereocenters. The smallest absolute Gasteiger partial charge is 0.0395 e. The van der Waals surface area contributed by atoms with Crippen molar-refractivity contribution in [1.82, 2.24) is 0 Å². The van der Waals surface area contributed by atoms with Crippen molar-refractivity contribution in [3.8, 4) is 11.1 Å². The molecule has 2 nitrogen and oxygen atoms in total. The zero-order valence-corrected chi connectivity index (χ0v) is 9.62.